The molecule has 1 aliphatic heterocycles. The van der Waals surface area contributed by atoms with Gasteiger partial charge in [0.05, 0.1) is 12.3 Å². The highest BCUT2D eigenvalue weighted by molar-refractivity contribution is 6.05. The summed E-state index contributed by atoms with van der Waals surface area (Å²) in [6.07, 6.45) is 0.613. The van der Waals surface area contributed by atoms with Gasteiger partial charge in [-0.2, -0.15) is 5.10 Å². The lowest BCUT2D eigenvalue weighted by Crippen LogP contribution is -2.23. The Balaban J connectivity index is 1.77. The van der Waals surface area contributed by atoms with Crippen LogP contribution in [0.3, 0.4) is 0 Å². The molecule has 1 heterocycles. The zero-order valence-corrected chi connectivity index (χ0v) is 14.1. The number of benzene rings is 2. The van der Waals surface area contributed by atoms with Crippen LogP contribution in [0.2, 0.25) is 0 Å². The zero-order valence-electron chi connectivity index (χ0n) is 14.1. The van der Waals surface area contributed by atoms with Gasteiger partial charge in [-0.25, -0.2) is 9.40 Å². The molecule has 2 aromatic carbocycles. The Morgan fingerprint density at radius 3 is 2.44 bits per heavy atom. The Labute approximate surface area is 145 Å². The molecule has 128 valence electrons. The number of carbonyl (C=O) groups excluding carboxylic acids is 2. The lowest BCUT2D eigenvalue weighted by atomic mass is 10.1. The number of nitrogens with zero attached hydrogens (tertiary/aromatic N) is 3. The molecule has 0 aromatic heterocycles. The molecule has 0 saturated carbocycles. The van der Waals surface area contributed by atoms with Gasteiger partial charge in [-0.1, -0.05) is 18.2 Å². The second-order valence-corrected chi connectivity index (χ2v) is 6.01. The highest BCUT2D eigenvalue weighted by Gasteiger charge is 2.23. The van der Waals surface area contributed by atoms with Crippen molar-refractivity contribution in [2.24, 2.45) is 5.10 Å². The van der Waals surface area contributed by atoms with E-state index >= 15 is 0 Å². The van der Waals surface area contributed by atoms with Crippen molar-refractivity contribution >= 4 is 17.5 Å². The highest BCUT2D eigenvalue weighted by Crippen LogP contribution is 2.18. The number of rotatable bonds is 3. The van der Waals surface area contributed by atoms with Crippen LogP contribution in [0.4, 0.5) is 4.39 Å². The van der Waals surface area contributed by atoms with Crippen LogP contribution < -0.4 is 0 Å². The number of hydrogen-bond acceptors (Lipinski definition) is 3. The first-order valence-corrected chi connectivity index (χ1v) is 7.92. The van der Waals surface area contributed by atoms with Gasteiger partial charge in [0.25, 0.3) is 11.8 Å². The van der Waals surface area contributed by atoms with E-state index in [1.54, 1.807) is 32.3 Å². The normalized spacial score (nSPS) is 13.6. The van der Waals surface area contributed by atoms with E-state index in [0.717, 1.165) is 11.3 Å². The Kier molecular flexibility index (Phi) is 4.61. The number of carbonyl (C=O) groups is 2. The molecule has 25 heavy (non-hydrogen) atoms. The lowest BCUT2D eigenvalue weighted by molar-refractivity contribution is 0.0777. The summed E-state index contributed by atoms with van der Waals surface area (Å²) in [4.78, 5) is 25.8. The monoisotopic (exact) mass is 339 g/mol. The Morgan fingerprint density at radius 1 is 1.08 bits per heavy atom. The molecule has 0 unspecified atom stereocenters. The number of amides is 2. The fraction of sp³-hybridized carbons (Fsp3) is 0.211. The van der Waals surface area contributed by atoms with E-state index in [9.17, 15) is 14.0 Å². The second-order valence-electron chi connectivity index (χ2n) is 6.01. The van der Waals surface area contributed by atoms with Crippen LogP contribution in [0.1, 0.15) is 32.7 Å². The van der Waals surface area contributed by atoms with Crippen molar-refractivity contribution in [3.05, 3.63) is 71.0 Å². The highest BCUT2D eigenvalue weighted by atomic mass is 19.1. The molecule has 0 fully saturated rings. The van der Waals surface area contributed by atoms with E-state index in [2.05, 4.69) is 5.10 Å². The van der Waals surface area contributed by atoms with Crippen molar-refractivity contribution in [1.29, 1.82) is 0 Å². The summed E-state index contributed by atoms with van der Waals surface area (Å²) in [5.74, 6) is -0.841. The van der Waals surface area contributed by atoms with Crippen molar-refractivity contribution in [2.75, 3.05) is 20.6 Å². The zero-order chi connectivity index (χ0) is 18.0. The van der Waals surface area contributed by atoms with Gasteiger partial charge in [-0.15, -0.1) is 0 Å². The molecule has 0 atom stereocenters. The maximum Gasteiger partial charge on any atom is 0.274 e. The van der Waals surface area contributed by atoms with Gasteiger partial charge in [0, 0.05) is 31.6 Å². The molecule has 0 aliphatic carbocycles. The molecule has 0 spiro atoms. The third-order valence-corrected chi connectivity index (χ3v) is 3.98. The largest absolute Gasteiger partial charge is 0.345 e. The van der Waals surface area contributed by atoms with Gasteiger partial charge in [0.1, 0.15) is 5.82 Å². The average molecular weight is 339 g/mol. The number of hydrazone groups is 1. The Hall–Kier alpha value is -3.02. The topological polar surface area (TPSA) is 53.0 Å². The summed E-state index contributed by atoms with van der Waals surface area (Å²) in [6, 6.07) is 12.7. The summed E-state index contributed by atoms with van der Waals surface area (Å²) < 4.78 is 13.3. The van der Waals surface area contributed by atoms with E-state index < -0.39 is 5.82 Å². The molecule has 0 bridgehead atoms. The standard InChI is InChI=1S/C19H18FN3O2/c1-22(2)18(24)14-8-6-13(7-9-14)17-10-11-23(21-17)19(25)15-4-3-5-16(20)12-15/h3-9,12H,10-11H2,1-2H3. The van der Waals surface area contributed by atoms with Gasteiger partial charge in [-0.05, 0) is 35.9 Å². The predicted octanol–water partition coefficient (Wildman–Crippen LogP) is 2.78. The van der Waals surface area contributed by atoms with Crippen LogP contribution in [0, 0.1) is 5.82 Å². The first-order valence-electron chi connectivity index (χ1n) is 7.92. The van der Waals surface area contributed by atoms with Crippen molar-refractivity contribution in [2.45, 2.75) is 6.42 Å². The molecule has 1 aliphatic rings. The van der Waals surface area contributed by atoms with Gasteiger partial charge >= 0.3 is 0 Å². The molecular weight excluding hydrogens is 321 g/mol. The molecule has 5 nitrogen and oxygen atoms in total. The summed E-state index contributed by atoms with van der Waals surface area (Å²) >= 11 is 0. The number of hydrogen-bond donors (Lipinski definition) is 0. The fourth-order valence-corrected chi connectivity index (χ4v) is 2.64. The van der Waals surface area contributed by atoms with Gasteiger partial charge in [0.2, 0.25) is 0 Å². The smallest absolute Gasteiger partial charge is 0.274 e. The maximum absolute atomic E-state index is 13.3. The molecule has 2 amide bonds. The summed E-state index contributed by atoms with van der Waals surface area (Å²) in [5.41, 5.74) is 2.51. The minimum absolute atomic E-state index is 0.0668. The SMILES string of the molecule is CN(C)C(=O)c1ccc(C2=NN(C(=O)c3cccc(F)c3)CC2)cc1. The fourth-order valence-electron chi connectivity index (χ4n) is 2.64. The van der Waals surface area contributed by atoms with E-state index in [1.165, 1.54) is 28.1 Å². The van der Waals surface area contributed by atoms with E-state index in [4.69, 9.17) is 0 Å². The molecular formula is C19H18FN3O2. The first kappa shape index (κ1) is 16.8. The third-order valence-electron chi connectivity index (χ3n) is 3.98. The van der Waals surface area contributed by atoms with Crippen LogP contribution in [-0.2, 0) is 0 Å². The van der Waals surface area contributed by atoms with Crippen molar-refractivity contribution in [3.63, 3.8) is 0 Å². The lowest BCUT2D eigenvalue weighted by Gasteiger charge is -2.11. The minimum atomic E-state index is -0.449. The summed E-state index contributed by atoms with van der Waals surface area (Å²) in [6.45, 7) is 0.447. The minimum Gasteiger partial charge on any atom is -0.345 e. The van der Waals surface area contributed by atoms with Crippen molar-refractivity contribution < 1.29 is 14.0 Å². The Bertz CT molecular complexity index is 844. The predicted molar refractivity (Wildman–Crippen MR) is 93.1 cm³/mol. The van der Waals surface area contributed by atoms with Crippen LogP contribution in [-0.4, -0.2) is 48.1 Å². The average Bonchev–Trinajstić information content (AvgIpc) is 3.10. The van der Waals surface area contributed by atoms with E-state index in [0.29, 0.717) is 18.5 Å². The van der Waals surface area contributed by atoms with Gasteiger partial charge in [-0.3, -0.25) is 9.59 Å². The quantitative estimate of drug-likeness (QED) is 0.863. The molecule has 3 rings (SSSR count). The van der Waals surface area contributed by atoms with Crippen molar-refractivity contribution in [1.82, 2.24) is 9.91 Å². The molecule has 2 aromatic rings. The van der Waals surface area contributed by atoms with Crippen molar-refractivity contribution in [3.8, 4) is 0 Å². The van der Waals surface area contributed by atoms with Gasteiger partial charge in [0.15, 0.2) is 0 Å². The Morgan fingerprint density at radius 2 is 1.80 bits per heavy atom. The van der Waals surface area contributed by atoms with E-state index in [1.807, 2.05) is 12.1 Å². The van der Waals surface area contributed by atoms with Gasteiger partial charge < -0.3 is 4.90 Å². The molecule has 0 N–H and O–H groups in total. The van der Waals surface area contributed by atoms with Crippen LogP contribution >= 0.6 is 0 Å². The number of halogens is 1. The molecule has 0 saturated heterocycles. The maximum atomic E-state index is 13.3. The van der Waals surface area contributed by atoms with E-state index in [-0.39, 0.29) is 17.4 Å². The van der Waals surface area contributed by atoms with Crippen LogP contribution in [0.25, 0.3) is 0 Å². The van der Waals surface area contributed by atoms with Crippen LogP contribution in [0.15, 0.2) is 53.6 Å². The summed E-state index contributed by atoms with van der Waals surface area (Å²) in [7, 11) is 3.40. The summed E-state index contributed by atoms with van der Waals surface area (Å²) in [5, 5.41) is 5.71. The molecule has 0 radical (unpaired) electrons. The molecule has 6 heteroatoms. The first-order chi connectivity index (χ1) is 12.0. The van der Waals surface area contributed by atoms with Crippen LogP contribution in [0.5, 0.6) is 0 Å². The second kappa shape index (κ2) is 6.84. The third kappa shape index (κ3) is 3.57.